The maximum absolute atomic E-state index is 3.62. The topological polar surface area (TPSA) is 15.3 Å². The first-order valence-corrected chi connectivity index (χ1v) is 6.00. The number of hydrogen-bond donors (Lipinski definition) is 1. The fraction of sp³-hybridized carbons (Fsp3) is 0.846. The molecule has 0 radical (unpaired) electrons. The van der Waals surface area contributed by atoms with E-state index in [-0.39, 0.29) is 0 Å². The van der Waals surface area contributed by atoms with Crippen molar-refractivity contribution in [1.29, 1.82) is 0 Å². The van der Waals surface area contributed by atoms with E-state index in [1.807, 2.05) is 6.92 Å². The number of rotatable bonds is 3. The summed E-state index contributed by atoms with van der Waals surface area (Å²) < 4.78 is 0. The highest BCUT2D eigenvalue weighted by Gasteiger charge is 2.24. The Bertz CT molecular complexity index is 237. The van der Waals surface area contributed by atoms with Crippen molar-refractivity contribution in [3.05, 3.63) is 0 Å². The molecule has 1 rings (SSSR count). The molecule has 2 nitrogen and oxygen atoms in total. The van der Waals surface area contributed by atoms with Gasteiger partial charge < -0.3 is 5.32 Å². The molecule has 1 fully saturated rings. The predicted molar refractivity (Wildman–Crippen MR) is 65.7 cm³/mol. The molecule has 0 amide bonds. The molecule has 0 aliphatic carbocycles. The van der Waals surface area contributed by atoms with Gasteiger partial charge in [-0.25, -0.2) is 0 Å². The maximum Gasteiger partial charge on any atom is 0.0604 e. The summed E-state index contributed by atoms with van der Waals surface area (Å²) in [6, 6.07) is 1.27. The summed E-state index contributed by atoms with van der Waals surface area (Å²) in [5, 5.41) is 3.62. The second-order valence-corrected chi connectivity index (χ2v) is 4.94. The van der Waals surface area contributed by atoms with Crippen LogP contribution in [0.5, 0.6) is 0 Å². The Kier molecular flexibility index (Phi) is 5.14. The van der Waals surface area contributed by atoms with Crippen LogP contribution in [0.4, 0.5) is 0 Å². The van der Waals surface area contributed by atoms with E-state index in [1.165, 1.54) is 6.42 Å². The maximum atomic E-state index is 3.62. The van der Waals surface area contributed by atoms with Crippen LogP contribution in [0.2, 0.25) is 0 Å². The van der Waals surface area contributed by atoms with E-state index < -0.39 is 0 Å². The Morgan fingerprint density at radius 1 is 1.47 bits per heavy atom. The standard InChI is InChI=1S/C13H24N2/c1-5-6-7-15-10-13(8-11(2)3)14-9-12(15)4/h11-14H,7-10H2,1-4H3. The predicted octanol–water partition coefficient (Wildman–Crippen LogP) is 1.72. The summed E-state index contributed by atoms with van der Waals surface area (Å²) in [4.78, 5) is 2.49. The normalized spacial score (nSPS) is 27.5. The summed E-state index contributed by atoms with van der Waals surface area (Å²) in [5.41, 5.74) is 0. The molecule has 15 heavy (non-hydrogen) atoms. The summed E-state index contributed by atoms with van der Waals surface area (Å²) in [6.45, 7) is 11.9. The smallest absolute Gasteiger partial charge is 0.0604 e. The van der Waals surface area contributed by atoms with Crippen LogP contribution in [-0.2, 0) is 0 Å². The highest BCUT2D eigenvalue weighted by atomic mass is 15.2. The third-order valence-electron chi connectivity index (χ3n) is 3.00. The van der Waals surface area contributed by atoms with Crippen molar-refractivity contribution in [2.45, 2.75) is 46.2 Å². The van der Waals surface area contributed by atoms with Gasteiger partial charge in [-0.05, 0) is 26.2 Å². The first-order valence-electron chi connectivity index (χ1n) is 6.00. The van der Waals surface area contributed by atoms with Gasteiger partial charge in [0, 0.05) is 25.2 Å². The molecule has 2 atom stereocenters. The number of nitrogens with zero attached hydrogens (tertiary/aromatic N) is 1. The lowest BCUT2D eigenvalue weighted by Gasteiger charge is -2.38. The monoisotopic (exact) mass is 208 g/mol. The largest absolute Gasteiger partial charge is 0.311 e. The molecule has 2 heteroatoms. The minimum atomic E-state index is 0.620. The molecule has 1 aliphatic heterocycles. The van der Waals surface area contributed by atoms with Gasteiger partial charge in [-0.1, -0.05) is 19.8 Å². The second-order valence-electron chi connectivity index (χ2n) is 4.94. The fourth-order valence-corrected chi connectivity index (χ4v) is 2.12. The van der Waals surface area contributed by atoms with E-state index in [0.717, 1.165) is 25.6 Å². The summed E-state index contributed by atoms with van der Waals surface area (Å²) in [7, 11) is 0. The minimum absolute atomic E-state index is 0.620. The van der Waals surface area contributed by atoms with E-state index in [1.54, 1.807) is 0 Å². The molecule has 1 heterocycles. The molecule has 0 aromatic rings. The van der Waals surface area contributed by atoms with E-state index in [0.29, 0.717) is 12.1 Å². The lowest BCUT2D eigenvalue weighted by Crippen LogP contribution is -2.55. The first-order chi connectivity index (χ1) is 7.13. The van der Waals surface area contributed by atoms with Crippen molar-refractivity contribution >= 4 is 0 Å². The van der Waals surface area contributed by atoms with Gasteiger partial charge in [-0.15, -0.1) is 5.92 Å². The van der Waals surface area contributed by atoms with Crippen molar-refractivity contribution in [3.63, 3.8) is 0 Å². The van der Waals surface area contributed by atoms with Crippen LogP contribution in [0.1, 0.15) is 34.1 Å². The molecule has 86 valence electrons. The van der Waals surface area contributed by atoms with Crippen molar-refractivity contribution < 1.29 is 0 Å². The Hall–Kier alpha value is -0.520. The van der Waals surface area contributed by atoms with Crippen molar-refractivity contribution in [1.82, 2.24) is 10.2 Å². The van der Waals surface area contributed by atoms with Crippen molar-refractivity contribution in [2.75, 3.05) is 19.6 Å². The highest BCUT2D eigenvalue weighted by molar-refractivity contribution is 5.00. The van der Waals surface area contributed by atoms with Gasteiger partial charge in [-0.2, -0.15) is 0 Å². The average Bonchev–Trinajstić information content (AvgIpc) is 2.18. The number of hydrogen-bond acceptors (Lipinski definition) is 2. The molecule has 1 aliphatic rings. The lowest BCUT2D eigenvalue weighted by atomic mass is 10.0. The van der Waals surface area contributed by atoms with Crippen LogP contribution in [0, 0.1) is 17.8 Å². The van der Waals surface area contributed by atoms with Gasteiger partial charge >= 0.3 is 0 Å². The van der Waals surface area contributed by atoms with Crippen molar-refractivity contribution in [2.24, 2.45) is 5.92 Å². The van der Waals surface area contributed by atoms with Crippen molar-refractivity contribution in [3.8, 4) is 11.8 Å². The quantitative estimate of drug-likeness (QED) is 0.710. The fourth-order valence-electron chi connectivity index (χ4n) is 2.12. The van der Waals surface area contributed by atoms with Gasteiger partial charge in [0.15, 0.2) is 0 Å². The van der Waals surface area contributed by atoms with Gasteiger partial charge in [0.05, 0.1) is 6.54 Å². The molecule has 0 aromatic heterocycles. The van der Waals surface area contributed by atoms with Gasteiger partial charge in [0.25, 0.3) is 0 Å². The van der Waals surface area contributed by atoms with Gasteiger partial charge in [-0.3, -0.25) is 4.90 Å². The Morgan fingerprint density at radius 3 is 2.80 bits per heavy atom. The third-order valence-corrected chi connectivity index (χ3v) is 3.00. The molecular formula is C13H24N2. The molecular weight excluding hydrogens is 184 g/mol. The molecule has 2 unspecified atom stereocenters. The summed E-state index contributed by atoms with van der Waals surface area (Å²) in [6.07, 6.45) is 1.27. The van der Waals surface area contributed by atoms with Gasteiger partial charge in [0.1, 0.15) is 0 Å². The van der Waals surface area contributed by atoms with Crippen LogP contribution in [0.15, 0.2) is 0 Å². The number of nitrogens with one attached hydrogen (secondary N) is 1. The van der Waals surface area contributed by atoms with E-state index in [4.69, 9.17) is 0 Å². The average molecular weight is 208 g/mol. The van der Waals surface area contributed by atoms with Crippen LogP contribution >= 0.6 is 0 Å². The SMILES string of the molecule is CC#CCN1CC(CC(C)C)NCC1C. The molecule has 0 saturated carbocycles. The molecule has 0 spiro atoms. The zero-order chi connectivity index (χ0) is 11.3. The molecule has 1 saturated heterocycles. The second kappa shape index (κ2) is 6.15. The molecule has 0 aromatic carbocycles. The van der Waals surface area contributed by atoms with Crippen LogP contribution in [0.25, 0.3) is 0 Å². The summed E-state index contributed by atoms with van der Waals surface area (Å²) in [5.74, 6) is 6.92. The van der Waals surface area contributed by atoms with Crippen LogP contribution in [-0.4, -0.2) is 36.6 Å². The van der Waals surface area contributed by atoms with Gasteiger partial charge in [0.2, 0.25) is 0 Å². The van der Waals surface area contributed by atoms with E-state index in [9.17, 15) is 0 Å². The Morgan fingerprint density at radius 2 is 2.20 bits per heavy atom. The van der Waals surface area contributed by atoms with E-state index >= 15 is 0 Å². The Labute approximate surface area is 94.4 Å². The summed E-state index contributed by atoms with van der Waals surface area (Å²) >= 11 is 0. The lowest BCUT2D eigenvalue weighted by molar-refractivity contribution is 0.149. The highest BCUT2D eigenvalue weighted by Crippen LogP contribution is 2.12. The zero-order valence-corrected chi connectivity index (χ0v) is 10.5. The first kappa shape index (κ1) is 12.5. The third kappa shape index (κ3) is 4.24. The van der Waals surface area contributed by atoms with Crippen LogP contribution in [0.3, 0.4) is 0 Å². The Balaban J connectivity index is 2.43. The minimum Gasteiger partial charge on any atom is -0.311 e. The van der Waals surface area contributed by atoms with E-state index in [2.05, 4.69) is 42.8 Å². The molecule has 1 N–H and O–H groups in total. The number of piperazine rings is 1. The zero-order valence-electron chi connectivity index (χ0n) is 10.5. The van der Waals surface area contributed by atoms with Crippen LogP contribution < -0.4 is 5.32 Å². The molecule has 0 bridgehead atoms.